The van der Waals surface area contributed by atoms with Crippen LogP contribution < -0.4 is 10.6 Å². The quantitative estimate of drug-likeness (QED) is 0.711. The fourth-order valence-electron chi connectivity index (χ4n) is 3.05. The van der Waals surface area contributed by atoms with Gasteiger partial charge >= 0.3 is 12.0 Å². The van der Waals surface area contributed by atoms with E-state index in [1.165, 1.54) is 0 Å². The zero-order chi connectivity index (χ0) is 15.7. The number of carboxylic acids is 1. The van der Waals surface area contributed by atoms with Crippen molar-refractivity contribution in [3.8, 4) is 0 Å². The van der Waals surface area contributed by atoms with Crippen LogP contribution in [0, 0.1) is 5.41 Å². The first-order chi connectivity index (χ1) is 9.82. The van der Waals surface area contributed by atoms with E-state index in [2.05, 4.69) is 10.6 Å². The van der Waals surface area contributed by atoms with Gasteiger partial charge in [0.15, 0.2) is 0 Å². The average Bonchev–Trinajstić information content (AvgIpc) is 2.43. The SMILES string of the molecule is COC1CC(NC(=O)NC2(C(=O)O)CCOCC2)C1(C)C. The summed E-state index contributed by atoms with van der Waals surface area (Å²) in [6.45, 7) is 4.73. The van der Waals surface area contributed by atoms with Gasteiger partial charge in [-0.1, -0.05) is 13.8 Å². The monoisotopic (exact) mass is 300 g/mol. The summed E-state index contributed by atoms with van der Waals surface area (Å²) < 4.78 is 10.5. The first kappa shape index (κ1) is 16.0. The Morgan fingerprint density at radius 1 is 1.29 bits per heavy atom. The van der Waals surface area contributed by atoms with E-state index >= 15 is 0 Å². The zero-order valence-electron chi connectivity index (χ0n) is 12.8. The molecule has 7 heteroatoms. The minimum absolute atomic E-state index is 0.0202. The van der Waals surface area contributed by atoms with Crippen LogP contribution in [0.15, 0.2) is 0 Å². The van der Waals surface area contributed by atoms with Crippen LogP contribution in [0.5, 0.6) is 0 Å². The Morgan fingerprint density at radius 2 is 1.90 bits per heavy atom. The number of methoxy groups -OCH3 is 1. The van der Waals surface area contributed by atoms with Gasteiger partial charge in [0.25, 0.3) is 0 Å². The fourth-order valence-corrected chi connectivity index (χ4v) is 3.05. The summed E-state index contributed by atoms with van der Waals surface area (Å²) in [7, 11) is 1.66. The predicted octanol–water partition coefficient (Wildman–Crippen LogP) is 0.733. The Morgan fingerprint density at radius 3 is 2.38 bits per heavy atom. The van der Waals surface area contributed by atoms with Crippen LogP contribution in [0.25, 0.3) is 0 Å². The van der Waals surface area contributed by atoms with E-state index in [4.69, 9.17) is 9.47 Å². The van der Waals surface area contributed by atoms with Crippen molar-refractivity contribution in [1.29, 1.82) is 0 Å². The lowest BCUT2D eigenvalue weighted by Gasteiger charge is -2.51. The van der Waals surface area contributed by atoms with Crippen LogP contribution in [0.2, 0.25) is 0 Å². The topological polar surface area (TPSA) is 96.9 Å². The molecule has 2 atom stereocenters. The second-order valence-corrected chi connectivity index (χ2v) is 6.43. The molecule has 0 aromatic carbocycles. The van der Waals surface area contributed by atoms with Crippen LogP contribution in [-0.4, -0.2) is 55.1 Å². The predicted molar refractivity (Wildman–Crippen MR) is 75.1 cm³/mol. The van der Waals surface area contributed by atoms with E-state index in [1.54, 1.807) is 7.11 Å². The van der Waals surface area contributed by atoms with E-state index in [0.717, 1.165) is 6.42 Å². The van der Waals surface area contributed by atoms with Gasteiger partial charge in [-0.3, -0.25) is 0 Å². The molecule has 1 saturated carbocycles. The van der Waals surface area contributed by atoms with Gasteiger partial charge in [-0.05, 0) is 6.42 Å². The van der Waals surface area contributed by atoms with Crippen molar-refractivity contribution >= 4 is 12.0 Å². The Balaban J connectivity index is 1.93. The Labute approximate surface area is 124 Å². The summed E-state index contributed by atoms with van der Waals surface area (Å²) in [5.74, 6) is -1.01. The molecule has 0 aromatic heterocycles. The summed E-state index contributed by atoms with van der Waals surface area (Å²) in [5, 5.41) is 14.9. The number of hydrogen-bond acceptors (Lipinski definition) is 4. The number of carbonyl (C=O) groups excluding carboxylic acids is 1. The van der Waals surface area contributed by atoms with Crippen molar-refractivity contribution in [3.63, 3.8) is 0 Å². The maximum atomic E-state index is 12.1. The summed E-state index contributed by atoms with van der Waals surface area (Å²) in [6, 6.07) is -0.458. The molecule has 2 amide bonds. The highest BCUT2D eigenvalue weighted by Gasteiger charge is 2.50. The minimum atomic E-state index is -1.23. The molecule has 3 N–H and O–H groups in total. The first-order valence-corrected chi connectivity index (χ1v) is 7.24. The molecule has 2 rings (SSSR count). The lowest BCUT2D eigenvalue weighted by molar-refractivity contribution is -0.148. The molecule has 2 aliphatic rings. The molecule has 1 saturated heterocycles. The Bertz CT molecular complexity index is 418. The number of ether oxygens (including phenoxy) is 2. The Kier molecular flexibility index (Phi) is 4.43. The number of nitrogens with one attached hydrogen (secondary N) is 2. The number of rotatable bonds is 4. The van der Waals surface area contributed by atoms with Crippen LogP contribution in [0.4, 0.5) is 4.79 Å². The van der Waals surface area contributed by atoms with Crippen molar-refractivity contribution in [2.75, 3.05) is 20.3 Å². The van der Waals surface area contributed by atoms with Crippen LogP contribution in [0.3, 0.4) is 0 Å². The van der Waals surface area contributed by atoms with Crippen molar-refractivity contribution < 1.29 is 24.2 Å². The van der Waals surface area contributed by atoms with Gasteiger partial charge in [0.1, 0.15) is 5.54 Å². The highest BCUT2D eigenvalue weighted by Crippen LogP contribution is 2.42. The molecular formula is C14H24N2O5. The maximum Gasteiger partial charge on any atom is 0.329 e. The molecule has 120 valence electrons. The number of carbonyl (C=O) groups is 2. The number of hydrogen-bond donors (Lipinski definition) is 3. The first-order valence-electron chi connectivity index (χ1n) is 7.24. The lowest BCUT2D eigenvalue weighted by Crippen LogP contribution is -2.66. The third kappa shape index (κ3) is 2.98. The summed E-state index contributed by atoms with van der Waals surface area (Å²) in [6.07, 6.45) is 1.41. The van der Waals surface area contributed by atoms with E-state index in [-0.39, 0.29) is 30.4 Å². The van der Waals surface area contributed by atoms with Gasteiger partial charge in [-0.2, -0.15) is 0 Å². The molecular weight excluding hydrogens is 276 g/mol. The third-order valence-corrected chi connectivity index (χ3v) is 4.88. The zero-order valence-corrected chi connectivity index (χ0v) is 12.8. The van der Waals surface area contributed by atoms with E-state index in [0.29, 0.717) is 13.2 Å². The molecule has 0 radical (unpaired) electrons. The van der Waals surface area contributed by atoms with Crippen molar-refractivity contribution in [2.45, 2.75) is 50.8 Å². The van der Waals surface area contributed by atoms with Crippen LogP contribution in [-0.2, 0) is 14.3 Å². The summed E-state index contributed by atoms with van der Waals surface area (Å²) in [5.41, 5.74) is -1.38. The molecule has 21 heavy (non-hydrogen) atoms. The molecule has 2 fully saturated rings. The molecule has 2 unspecified atom stereocenters. The van der Waals surface area contributed by atoms with Gasteiger partial charge in [-0.15, -0.1) is 0 Å². The van der Waals surface area contributed by atoms with Gasteiger partial charge in [-0.25, -0.2) is 9.59 Å². The third-order valence-electron chi connectivity index (χ3n) is 4.88. The molecule has 0 spiro atoms. The number of carboxylic acid groups (broad SMARTS) is 1. The highest BCUT2D eigenvalue weighted by atomic mass is 16.5. The molecule has 1 aliphatic carbocycles. The van der Waals surface area contributed by atoms with Crippen molar-refractivity contribution in [2.24, 2.45) is 5.41 Å². The highest BCUT2D eigenvalue weighted by molar-refractivity contribution is 5.86. The fraction of sp³-hybridized carbons (Fsp3) is 0.857. The van der Waals surface area contributed by atoms with Gasteiger partial charge in [0, 0.05) is 44.6 Å². The molecule has 0 aromatic rings. The normalized spacial score (nSPS) is 30.0. The second-order valence-electron chi connectivity index (χ2n) is 6.43. The molecule has 1 aliphatic heterocycles. The Hall–Kier alpha value is -1.34. The standard InChI is InChI=1S/C14H24N2O5/c1-13(2)9(8-10(13)20-3)15-12(19)16-14(11(17)18)4-6-21-7-5-14/h9-10H,4-8H2,1-3H3,(H,17,18)(H2,15,16,19). The second kappa shape index (κ2) is 5.81. The van der Waals surface area contributed by atoms with E-state index in [1.807, 2.05) is 13.8 Å². The largest absolute Gasteiger partial charge is 0.480 e. The van der Waals surface area contributed by atoms with Gasteiger partial charge < -0.3 is 25.2 Å². The van der Waals surface area contributed by atoms with E-state index < -0.39 is 17.5 Å². The number of urea groups is 1. The number of aliphatic carboxylic acids is 1. The maximum absolute atomic E-state index is 12.1. The molecule has 1 heterocycles. The smallest absolute Gasteiger partial charge is 0.329 e. The summed E-state index contributed by atoms with van der Waals surface area (Å²) >= 11 is 0. The van der Waals surface area contributed by atoms with Crippen LogP contribution >= 0.6 is 0 Å². The number of amides is 2. The van der Waals surface area contributed by atoms with Gasteiger partial charge in [0.05, 0.1) is 6.10 Å². The minimum Gasteiger partial charge on any atom is -0.480 e. The summed E-state index contributed by atoms with van der Waals surface area (Å²) in [4.78, 5) is 23.6. The van der Waals surface area contributed by atoms with Crippen LogP contribution in [0.1, 0.15) is 33.1 Å². The van der Waals surface area contributed by atoms with Crippen molar-refractivity contribution in [3.05, 3.63) is 0 Å². The molecule has 7 nitrogen and oxygen atoms in total. The lowest BCUT2D eigenvalue weighted by atomic mass is 9.64. The van der Waals surface area contributed by atoms with Crippen molar-refractivity contribution in [1.82, 2.24) is 10.6 Å². The van der Waals surface area contributed by atoms with E-state index in [9.17, 15) is 14.7 Å². The van der Waals surface area contributed by atoms with Gasteiger partial charge in [0.2, 0.25) is 0 Å². The average molecular weight is 300 g/mol. The molecule has 0 bridgehead atoms.